The molecule has 0 aliphatic heterocycles. The highest BCUT2D eigenvalue weighted by Crippen LogP contribution is 2.28. The number of hydrazone groups is 1. The smallest absolute Gasteiger partial charge is 0.240 e. The molecule has 0 saturated carbocycles. The Labute approximate surface area is 201 Å². The van der Waals surface area contributed by atoms with Gasteiger partial charge in [0, 0.05) is 23.6 Å². The van der Waals surface area contributed by atoms with Gasteiger partial charge in [0.1, 0.15) is 12.4 Å². The van der Waals surface area contributed by atoms with Gasteiger partial charge < -0.3 is 14.8 Å². The molecule has 0 aliphatic rings. The van der Waals surface area contributed by atoms with E-state index in [-0.39, 0.29) is 18.7 Å². The van der Waals surface area contributed by atoms with Crippen LogP contribution in [0.25, 0.3) is 0 Å². The van der Waals surface area contributed by atoms with Crippen LogP contribution in [-0.2, 0) is 16.2 Å². The van der Waals surface area contributed by atoms with Gasteiger partial charge in [0.2, 0.25) is 11.8 Å². The molecule has 0 fully saturated rings. The van der Waals surface area contributed by atoms with E-state index in [4.69, 9.17) is 21.1 Å². The number of anilines is 1. The molecule has 2 N–H and O–H groups in total. The van der Waals surface area contributed by atoms with Crippen molar-refractivity contribution < 1.29 is 23.5 Å². The Morgan fingerprint density at radius 2 is 1.68 bits per heavy atom. The summed E-state index contributed by atoms with van der Waals surface area (Å²) in [6.07, 6.45) is 1.37. The van der Waals surface area contributed by atoms with Gasteiger partial charge in [-0.2, -0.15) is 5.10 Å². The molecular weight excluding hydrogens is 461 g/mol. The van der Waals surface area contributed by atoms with E-state index >= 15 is 0 Å². The van der Waals surface area contributed by atoms with Crippen molar-refractivity contribution in [3.8, 4) is 11.5 Å². The molecule has 3 aromatic rings. The van der Waals surface area contributed by atoms with Crippen molar-refractivity contribution in [3.05, 3.63) is 88.7 Å². The zero-order valence-electron chi connectivity index (χ0n) is 18.4. The lowest BCUT2D eigenvalue weighted by Crippen LogP contribution is -2.20. The Morgan fingerprint density at radius 1 is 0.971 bits per heavy atom. The fourth-order valence-electron chi connectivity index (χ4n) is 2.84. The first-order valence-electron chi connectivity index (χ1n) is 10.4. The first kappa shape index (κ1) is 24.7. The zero-order valence-corrected chi connectivity index (χ0v) is 19.1. The molecule has 3 rings (SSSR count). The minimum absolute atomic E-state index is 0.0355. The Balaban J connectivity index is 1.45. The molecule has 0 aliphatic carbocycles. The van der Waals surface area contributed by atoms with E-state index in [0.717, 1.165) is 5.56 Å². The van der Waals surface area contributed by atoms with Gasteiger partial charge >= 0.3 is 0 Å². The summed E-state index contributed by atoms with van der Waals surface area (Å²) in [6.45, 7) is 0.353. The first-order chi connectivity index (χ1) is 16.4. The number of carbonyl (C=O) groups excluding carboxylic acids is 2. The van der Waals surface area contributed by atoms with E-state index < -0.39 is 11.7 Å². The van der Waals surface area contributed by atoms with E-state index in [0.29, 0.717) is 34.4 Å². The van der Waals surface area contributed by atoms with Gasteiger partial charge in [-0.05, 0) is 65.7 Å². The molecule has 0 radical (unpaired) electrons. The number of nitrogens with one attached hydrogen (secondary N) is 2. The highest BCUT2D eigenvalue weighted by Gasteiger charge is 2.08. The summed E-state index contributed by atoms with van der Waals surface area (Å²) in [6, 6.07) is 18.0. The summed E-state index contributed by atoms with van der Waals surface area (Å²) < 4.78 is 24.1. The van der Waals surface area contributed by atoms with Gasteiger partial charge in [0.25, 0.3) is 0 Å². The predicted octanol–water partition coefficient (Wildman–Crippen LogP) is 4.94. The van der Waals surface area contributed by atoms with Gasteiger partial charge in [-0.25, -0.2) is 9.82 Å². The molecule has 2 amide bonds. The van der Waals surface area contributed by atoms with Crippen LogP contribution in [0.2, 0.25) is 5.02 Å². The number of rotatable bonds is 10. The molecule has 7 nitrogen and oxygen atoms in total. The zero-order chi connectivity index (χ0) is 24.3. The second-order valence-electron chi connectivity index (χ2n) is 7.17. The lowest BCUT2D eigenvalue weighted by atomic mass is 10.2. The maximum Gasteiger partial charge on any atom is 0.240 e. The maximum absolute atomic E-state index is 12.9. The normalized spacial score (nSPS) is 10.7. The van der Waals surface area contributed by atoms with Crippen molar-refractivity contribution in [2.24, 2.45) is 5.10 Å². The summed E-state index contributed by atoms with van der Waals surface area (Å²) >= 11 is 5.89. The van der Waals surface area contributed by atoms with Crippen LogP contribution >= 0.6 is 11.6 Å². The topological polar surface area (TPSA) is 89.0 Å². The quantitative estimate of drug-likeness (QED) is 0.316. The Kier molecular flexibility index (Phi) is 8.99. The Hall–Kier alpha value is -3.91. The summed E-state index contributed by atoms with van der Waals surface area (Å²) in [7, 11) is 1.53. The summed E-state index contributed by atoms with van der Waals surface area (Å²) in [5, 5.41) is 7.16. The number of carbonyl (C=O) groups is 2. The number of ether oxygens (including phenoxy) is 2. The van der Waals surface area contributed by atoms with Crippen LogP contribution in [-0.4, -0.2) is 25.1 Å². The molecule has 0 saturated heterocycles. The van der Waals surface area contributed by atoms with E-state index in [2.05, 4.69) is 15.8 Å². The fourth-order valence-corrected chi connectivity index (χ4v) is 2.97. The molecule has 0 heterocycles. The number of hydrogen-bond donors (Lipinski definition) is 2. The van der Waals surface area contributed by atoms with Gasteiger partial charge in [0.05, 0.1) is 13.3 Å². The van der Waals surface area contributed by atoms with Crippen LogP contribution in [0.3, 0.4) is 0 Å². The van der Waals surface area contributed by atoms with Crippen molar-refractivity contribution in [3.63, 3.8) is 0 Å². The molecule has 34 heavy (non-hydrogen) atoms. The third kappa shape index (κ3) is 7.90. The third-order valence-corrected chi connectivity index (χ3v) is 4.86. The number of halogens is 2. The van der Waals surface area contributed by atoms with Crippen LogP contribution in [0.4, 0.5) is 10.1 Å². The number of benzene rings is 3. The SMILES string of the molecule is COc1cc(C=NNC(=O)CCC(=O)Nc2ccc(F)cc2)ccc1OCc1ccc(Cl)cc1. The average Bonchev–Trinajstić information content (AvgIpc) is 2.84. The molecular formula is C25H23ClFN3O4. The Morgan fingerprint density at radius 3 is 2.38 bits per heavy atom. The summed E-state index contributed by atoms with van der Waals surface area (Å²) in [5.74, 6) is -0.0921. The van der Waals surface area contributed by atoms with Crippen molar-refractivity contribution in [2.75, 3.05) is 12.4 Å². The predicted molar refractivity (Wildman–Crippen MR) is 129 cm³/mol. The fraction of sp³-hybridized carbons (Fsp3) is 0.160. The molecule has 0 unspecified atom stereocenters. The van der Waals surface area contributed by atoms with Crippen LogP contribution in [0.15, 0.2) is 71.8 Å². The van der Waals surface area contributed by atoms with Crippen molar-refractivity contribution in [2.45, 2.75) is 19.4 Å². The molecule has 0 aromatic heterocycles. The molecule has 176 valence electrons. The minimum Gasteiger partial charge on any atom is -0.493 e. The van der Waals surface area contributed by atoms with E-state index in [1.54, 1.807) is 30.3 Å². The number of amides is 2. The monoisotopic (exact) mass is 483 g/mol. The van der Waals surface area contributed by atoms with Gasteiger partial charge in [0.15, 0.2) is 11.5 Å². The maximum atomic E-state index is 12.9. The van der Waals surface area contributed by atoms with Gasteiger partial charge in [-0.1, -0.05) is 23.7 Å². The van der Waals surface area contributed by atoms with Gasteiger partial charge in [-0.15, -0.1) is 0 Å². The van der Waals surface area contributed by atoms with Crippen LogP contribution in [0.1, 0.15) is 24.0 Å². The highest BCUT2D eigenvalue weighted by molar-refractivity contribution is 6.30. The standard InChI is InChI=1S/C25H23ClFN3O4/c1-33-23-14-18(4-11-22(23)34-16-17-2-5-19(26)6-3-17)15-28-30-25(32)13-12-24(31)29-21-9-7-20(27)8-10-21/h2-11,14-15H,12-13,16H2,1H3,(H,29,31)(H,30,32). The molecule has 0 atom stereocenters. The van der Waals surface area contributed by atoms with Crippen molar-refractivity contribution in [1.29, 1.82) is 0 Å². The van der Waals surface area contributed by atoms with E-state index in [1.807, 2.05) is 12.1 Å². The summed E-state index contributed by atoms with van der Waals surface area (Å²) in [5.41, 5.74) is 4.49. The van der Waals surface area contributed by atoms with Gasteiger partial charge in [-0.3, -0.25) is 9.59 Å². The van der Waals surface area contributed by atoms with E-state index in [1.165, 1.54) is 37.6 Å². The summed E-state index contributed by atoms with van der Waals surface area (Å²) in [4.78, 5) is 23.8. The first-order valence-corrected chi connectivity index (χ1v) is 10.7. The number of methoxy groups -OCH3 is 1. The van der Waals surface area contributed by atoms with Crippen molar-refractivity contribution in [1.82, 2.24) is 5.43 Å². The minimum atomic E-state index is -0.416. The van der Waals surface area contributed by atoms with E-state index in [9.17, 15) is 14.0 Å². The van der Waals surface area contributed by atoms with Crippen LogP contribution in [0.5, 0.6) is 11.5 Å². The number of hydrogen-bond acceptors (Lipinski definition) is 5. The van der Waals surface area contributed by atoms with Crippen molar-refractivity contribution >= 4 is 35.3 Å². The largest absolute Gasteiger partial charge is 0.493 e. The van der Waals surface area contributed by atoms with Crippen LogP contribution in [0, 0.1) is 5.82 Å². The Bertz CT molecular complexity index is 1150. The lowest BCUT2D eigenvalue weighted by molar-refractivity contribution is -0.124. The second kappa shape index (κ2) is 12.4. The molecule has 0 bridgehead atoms. The third-order valence-electron chi connectivity index (χ3n) is 4.61. The highest BCUT2D eigenvalue weighted by atomic mass is 35.5. The number of nitrogens with zero attached hydrogens (tertiary/aromatic N) is 1. The average molecular weight is 484 g/mol. The molecule has 9 heteroatoms. The van der Waals surface area contributed by atoms with Crippen LogP contribution < -0.4 is 20.2 Å². The second-order valence-corrected chi connectivity index (χ2v) is 7.61. The molecule has 0 spiro atoms. The lowest BCUT2D eigenvalue weighted by Gasteiger charge is -2.11. The molecule has 3 aromatic carbocycles.